The molecule has 6 heteroatoms. The van der Waals surface area contributed by atoms with Crippen molar-refractivity contribution in [2.75, 3.05) is 26.7 Å². The Balaban J connectivity index is 2.21. The van der Waals surface area contributed by atoms with Crippen molar-refractivity contribution in [3.05, 3.63) is 0 Å². The number of nitrogens with one attached hydrogen (secondary N) is 2. The first-order valence-electron chi connectivity index (χ1n) is 7.45. The molecule has 1 aliphatic rings. The van der Waals surface area contributed by atoms with Crippen LogP contribution in [-0.4, -0.2) is 45.4 Å². The fraction of sp³-hybridized carbons (Fsp3) is 1.00. The lowest BCUT2D eigenvalue weighted by Crippen LogP contribution is -2.40. The normalized spacial score (nSPS) is 22.9. The summed E-state index contributed by atoms with van der Waals surface area (Å²) in [4.78, 5) is 0. The molecule has 0 aromatic heterocycles. The highest BCUT2D eigenvalue weighted by Gasteiger charge is 2.39. The lowest BCUT2D eigenvalue weighted by Gasteiger charge is -2.17. The van der Waals surface area contributed by atoms with E-state index in [1.165, 1.54) is 4.31 Å². The average Bonchev–Trinajstić information content (AvgIpc) is 3.06. The summed E-state index contributed by atoms with van der Waals surface area (Å²) in [7, 11) is -1.63. The van der Waals surface area contributed by atoms with E-state index in [4.69, 9.17) is 0 Å². The molecule has 0 aromatic carbocycles. The van der Waals surface area contributed by atoms with E-state index in [1.807, 2.05) is 0 Å². The summed E-state index contributed by atoms with van der Waals surface area (Å²) < 4.78 is 28.3. The molecule has 1 saturated carbocycles. The number of hydrogen-bond donors (Lipinski definition) is 2. The van der Waals surface area contributed by atoms with Gasteiger partial charge in [0.1, 0.15) is 0 Å². The van der Waals surface area contributed by atoms with E-state index in [0.29, 0.717) is 12.5 Å². The Morgan fingerprint density at radius 2 is 1.95 bits per heavy atom. The largest absolute Gasteiger partial charge is 0.317 e. The first-order valence-corrected chi connectivity index (χ1v) is 8.89. The van der Waals surface area contributed by atoms with Crippen LogP contribution >= 0.6 is 0 Å². The molecular weight excluding hydrogens is 262 g/mol. The van der Waals surface area contributed by atoms with Gasteiger partial charge in [-0.05, 0) is 44.7 Å². The van der Waals surface area contributed by atoms with Crippen LogP contribution < -0.4 is 10.0 Å². The first-order chi connectivity index (χ1) is 9.01. The van der Waals surface area contributed by atoms with Gasteiger partial charge in [0.2, 0.25) is 0 Å². The second-order valence-electron chi connectivity index (χ2n) is 5.44. The van der Waals surface area contributed by atoms with Crippen LogP contribution in [0.1, 0.15) is 46.0 Å². The fourth-order valence-electron chi connectivity index (χ4n) is 2.21. The van der Waals surface area contributed by atoms with Crippen molar-refractivity contribution in [2.45, 2.75) is 52.0 Å². The van der Waals surface area contributed by atoms with Gasteiger partial charge in [-0.15, -0.1) is 0 Å². The van der Waals surface area contributed by atoms with Crippen LogP contribution in [0.4, 0.5) is 0 Å². The van der Waals surface area contributed by atoms with Crippen molar-refractivity contribution >= 4 is 10.2 Å². The molecule has 0 heterocycles. The Bertz CT molecular complexity index is 346. The predicted octanol–water partition coefficient (Wildman–Crippen LogP) is 1.33. The summed E-state index contributed by atoms with van der Waals surface area (Å²) in [5, 5.41) is 3.28. The molecule has 0 bridgehead atoms. The average molecular weight is 291 g/mol. The summed E-state index contributed by atoms with van der Waals surface area (Å²) in [6.45, 7) is 6.69. The van der Waals surface area contributed by atoms with Crippen LogP contribution in [0.2, 0.25) is 0 Å². The van der Waals surface area contributed by atoms with Crippen LogP contribution in [0.3, 0.4) is 0 Å². The van der Waals surface area contributed by atoms with Gasteiger partial charge in [-0.3, -0.25) is 0 Å². The molecule has 1 fully saturated rings. The van der Waals surface area contributed by atoms with Crippen molar-refractivity contribution in [3.8, 4) is 0 Å². The topological polar surface area (TPSA) is 61.4 Å². The summed E-state index contributed by atoms with van der Waals surface area (Å²) in [6, 6.07) is 0.172. The molecular formula is C13H29N3O2S. The SMILES string of the molecule is CCCNCCCN(C)S(=O)(=O)NC1CC1CCC. The standard InChI is InChI=1S/C13H29N3O2S/c1-4-7-12-11-13(12)15-19(17,18)16(3)10-6-9-14-8-5-2/h12-15H,4-11H2,1-3H3. The van der Waals surface area contributed by atoms with Gasteiger partial charge in [0.05, 0.1) is 0 Å². The van der Waals surface area contributed by atoms with Crippen LogP contribution in [0.5, 0.6) is 0 Å². The Kier molecular flexibility index (Phi) is 7.28. The first kappa shape index (κ1) is 16.9. The van der Waals surface area contributed by atoms with Crippen molar-refractivity contribution < 1.29 is 8.42 Å². The van der Waals surface area contributed by atoms with Crippen molar-refractivity contribution in [1.29, 1.82) is 0 Å². The Morgan fingerprint density at radius 3 is 2.58 bits per heavy atom. The van der Waals surface area contributed by atoms with E-state index in [2.05, 4.69) is 23.9 Å². The molecule has 1 aliphatic carbocycles. The zero-order valence-electron chi connectivity index (χ0n) is 12.5. The third kappa shape index (κ3) is 6.21. The van der Waals surface area contributed by atoms with Gasteiger partial charge in [-0.1, -0.05) is 20.3 Å². The van der Waals surface area contributed by atoms with Crippen molar-refractivity contribution in [3.63, 3.8) is 0 Å². The van der Waals surface area contributed by atoms with Gasteiger partial charge in [0, 0.05) is 19.6 Å². The third-order valence-electron chi connectivity index (χ3n) is 3.55. The summed E-state index contributed by atoms with van der Waals surface area (Å²) in [5.41, 5.74) is 0. The predicted molar refractivity (Wildman–Crippen MR) is 79.3 cm³/mol. The summed E-state index contributed by atoms with van der Waals surface area (Å²) in [5.74, 6) is 0.555. The van der Waals surface area contributed by atoms with Crippen LogP contribution in [-0.2, 0) is 10.2 Å². The summed E-state index contributed by atoms with van der Waals surface area (Å²) in [6.07, 6.45) is 5.20. The zero-order chi connectivity index (χ0) is 14.3. The molecule has 0 spiro atoms. The third-order valence-corrected chi connectivity index (χ3v) is 5.15. The molecule has 2 unspecified atom stereocenters. The number of rotatable bonds is 11. The smallest absolute Gasteiger partial charge is 0.279 e. The minimum Gasteiger partial charge on any atom is -0.317 e. The van der Waals surface area contributed by atoms with Gasteiger partial charge in [0.25, 0.3) is 10.2 Å². The van der Waals surface area contributed by atoms with Crippen LogP contribution in [0.25, 0.3) is 0 Å². The highest BCUT2D eigenvalue weighted by atomic mass is 32.2. The lowest BCUT2D eigenvalue weighted by molar-refractivity contribution is 0.442. The highest BCUT2D eigenvalue weighted by Crippen LogP contribution is 2.35. The van der Waals surface area contributed by atoms with E-state index in [-0.39, 0.29) is 6.04 Å². The minimum absolute atomic E-state index is 0.172. The van der Waals surface area contributed by atoms with E-state index < -0.39 is 10.2 Å². The zero-order valence-corrected chi connectivity index (χ0v) is 13.3. The number of nitrogens with zero attached hydrogens (tertiary/aromatic N) is 1. The lowest BCUT2D eigenvalue weighted by atomic mass is 10.2. The molecule has 0 saturated heterocycles. The van der Waals surface area contributed by atoms with E-state index in [9.17, 15) is 8.42 Å². The monoisotopic (exact) mass is 291 g/mol. The van der Waals surface area contributed by atoms with E-state index in [1.54, 1.807) is 7.05 Å². The molecule has 0 aliphatic heterocycles. The fourth-order valence-corrected chi connectivity index (χ4v) is 3.43. The molecule has 114 valence electrons. The molecule has 2 N–H and O–H groups in total. The molecule has 1 rings (SSSR count). The Hall–Kier alpha value is -0.170. The molecule has 0 aromatic rings. The maximum absolute atomic E-state index is 12.0. The molecule has 19 heavy (non-hydrogen) atoms. The van der Waals surface area contributed by atoms with Gasteiger partial charge < -0.3 is 5.32 Å². The Labute approximate surface area is 118 Å². The quantitative estimate of drug-likeness (QED) is 0.565. The van der Waals surface area contributed by atoms with Gasteiger partial charge in [-0.25, -0.2) is 0 Å². The second kappa shape index (κ2) is 8.19. The Morgan fingerprint density at radius 1 is 1.21 bits per heavy atom. The summed E-state index contributed by atoms with van der Waals surface area (Å²) >= 11 is 0. The van der Waals surface area contributed by atoms with Crippen LogP contribution in [0.15, 0.2) is 0 Å². The molecule has 0 amide bonds. The van der Waals surface area contributed by atoms with Crippen molar-refractivity contribution in [1.82, 2.24) is 14.3 Å². The second-order valence-corrected chi connectivity index (χ2v) is 7.25. The highest BCUT2D eigenvalue weighted by molar-refractivity contribution is 7.87. The van der Waals surface area contributed by atoms with E-state index in [0.717, 1.165) is 45.2 Å². The van der Waals surface area contributed by atoms with Gasteiger partial charge >= 0.3 is 0 Å². The van der Waals surface area contributed by atoms with Gasteiger partial charge in [-0.2, -0.15) is 17.4 Å². The maximum atomic E-state index is 12.0. The van der Waals surface area contributed by atoms with Gasteiger partial charge in [0.15, 0.2) is 0 Å². The molecule has 5 nitrogen and oxygen atoms in total. The number of hydrogen-bond acceptors (Lipinski definition) is 3. The van der Waals surface area contributed by atoms with Crippen molar-refractivity contribution in [2.24, 2.45) is 5.92 Å². The molecule has 2 atom stereocenters. The van der Waals surface area contributed by atoms with E-state index >= 15 is 0 Å². The van der Waals surface area contributed by atoms with Crippen LogP contribution in [0, 0.1) is 5.92 Å². The minimum atomic E-state index is -3.29. The maximum Gasteiger partial charge on any atom is 0.279 e. The molecule has 0 radical (unpaired) electrons.